The fourth-order valence-corrected chi connectivity index (χ4v) is 7.51. The number of hydrogen-bond acceptors (Lipinski definition) is 3. The Labute approximate surface area is 162 Å². The third-order valence-electron chi connectivity index (χ3n) is 5.56. The van der Waals surface area contributed by atoms with Crippen molar-refractivity contribution < 1.29 is 8.85 Å². The van der Waals surface area contributed by atoms with Gasteiger partial charge in [-0.3, -0.25) is 4.90 Å². The van der Waals surface area contributed by atoms with Crippen LogP contribution in [0.15, 0.2) is 30.3 Å². The van der Waals surface area contributed by atoms with Gasteiger partial charge in [0, 0.05) is 19.8 Å². The summed E-state index contributed by atoms with van der Waals surface area (Å²) >= 11 is 0. The quantitative estimate of drug-likeness (QED) is 0.571. The average molecular weight is 378 g/mol. The normalized spacial score (nSPS) is 21.3. The Bertz CT molecular complexity index is 476. The zero-order valence-corrected chi connectivity index (χ0v) is 18.2. The van der Waals surface area contributed by atoms with Crippen molar-refractivity contribution in [3.63, 3.8) is 0 Å². The summed E-state index contributed by atoms with van der Waals surface area (Å²) in [6.45, 7) is 10.2. The van der Waals surface area contributed by atoms with Crippen molar-refractivity contribution in [3.05, 3.63) is 35.9 Å². The van der Waals surface area contributed by atoms with Gasteiger partial charge in [-0.25, -0.2) is 0 Å². The molecule has 0 amide bonds. The molecule has 1 aliphatic rings. The van der Waals surface area contributed by atoms with E-state index in [-0.39, 0.29) is 0 Å². The first-order valence-electron chi connectivity index (χ1n) is 10.8. The van der Waals surface area contributed by atoms with E-state index < -0.39 is 8.56 Å². The fraction of sp³-hybridized carbons (Fsp3) is 0.727. The summed E-state index contributed by atoms with van der Waals surface area (Å²) in [4.78, 5) is 2.69. The van der Waals surface area contributed by atoms with Crippen LogP contribution < -0.4 is 0 Å². The van der Waals surface area contributed by atoms with Gasteiger partial charge in [-0.2, -0.15) is 0 Å². The number of hydrogen-bond donors (Lipinski definition) is 0. The van der Waals surface area contributed by atoms with Gasteiger partial charge in [0.1, 0.15) is 0 Å². The molecule has 148 valence electrons. The van der Waals surface area contributed by atoms with Crippen molar-refractivity contribution in [2.24, 2.45) is 0 Å². The molecule has 2 rings (SSSR count). The van der Waals surface area contributed by atoms with Gasteiger partial charge >= 0.3 is 8.56 Å². The van der Waals surface area contributed by atoms with E-state index >= 15 is 0 Å². The van der Waals surface area contributed by atoms with Crippen molar-refractivity contribution >= 4 is 8.56 Å². The molecular formula is C22H39NO2Si. The molecule has 3 nitrogen and oxygen atoms in total. The van der Waals surface area contributed by atoms with E-state index in [2.05, 4.69) is 55.6 Å². The smallest absolute Gasteiger partial charge is 0.352 e. The Morgan fingerprint density at radius 2 is 1.46 bits per heavy atom. The molecular weight excluding hydrogens is 338 g/mol. The second kappa shape index (κ2) is 11.9. The lowest BCUT2D eigenvalue weighted by Gasteiger charge is -2.41. The molecule has 4 heteroatoms. The van der Waals surface area contributed by atoms with Crippen molar-refractivity contribution in [1.82, 2.24) is 4.90 Å². The van der Waals surface area contributed by atoms with E-state index in [1.165, 1.54) is 56.9 Å². The van der Waals surface area contributed by atoms with Gasteiger partial charge in [-0.1, -0.05) is 68.9 Å². The molecule has 1 fully saturated rings. The summed E-state index contributed by atoms with van der Waals surface area (Å²) in [5.74, 6) is 0. The molecule has 0 saturated carbocycles. The van der Waals surface area contributed by atoms with Crippen molar-refractivity contribution in [2.75, 3.05) is 19.8 Å². The van der Waals surface area contributed by atoms with Gasteiger partial charge in [0.25, 0.3) is 0 Å². The summed E-state index contributed by atoms with van der Waals surface area (Å²) < 4.78 is 12.7. The van der Waals surface area contributed by atoms with Crippen LogP contribution in [-0.2, 0) is 15.4 Å². The van der Waals surface area contributed by atoms with Crippen LogP contribution in [0.1, 0.15) is 70.8 Å². The summed E-state index contributed by atoms with van der Waals surface area (Å²) in [5, 5.41) is 0. The Kier molecular flexibility index (Phi) is 9.90. The van der Waals surface area contributed by atoms with E-state index in [0.29, 0.717) is 5.67 Å². The van der Waals surface area contributed by atoms with Crippen LogP contribution in [0.4, 0.5) is 0 Å². The highest BCUT2D eigenvalue weighted by Crippen LogP contribution is 2.27. The number of rotatable bonds is 7. The Morgan fingerprint density at radius 1 is 0.885 bits per heavy atom. The highest BCUT2D eigenvalue weighted by Gasteiger charge is 2.43. The monoisotopic (exact) mass is 377 g/mol. The molecule has 1 unspecified atom stereocenters. The van der Waals surface area contributed by atoms with E-state index in [4.69, 9.17) is 8.85 Å². The maximum atomic E-state index is 6.35. The molecule has 0 radical (unpaired) electrons. The first kappa shape index (κ1) is 21.6. The van der Waals surface area contributed by atoms with Gasteiger partial charge < -0.3 is 8.85 Å². The lowest BCUT2D eigenvalue weighted by atomic mass is 10.1. The van der Waals surface area contributed by atoms with Crippen LogP contribution in [0.25, 0.3) is 0 Å². The SMILES string of the molecule is CCO[Si](C)(OCC)C1CCCCCCCCCN1Cc1ccccc1. The van der Waals surface area contributed by atoms with E-state index in [9.17, 15) is 0 Å². The predicted octanol–water partition coefficient (Wildman–Crippen LogP) is 5.68. The first-order chi connectivity index (χ1) is 12.7. The lowest BCUT2D eigenvalue weighted by molar-refractivity contribution is 0.121. The maximum absolute atomic E-state index is 6.35. The van der Waals surface area contributed by atoms with Gasteiger partial charge in [0.2, 0.25) is 0 Å². The minimum Gasteiger partial charge on any atom is -0.394 e. The lowest BCUT2D eigenvalue weighted by Crippen LogP contribution is -2.59. The van der Waals surface area contributed by atoms with E-state index in [0.717, 1.165) is 26.3 Å². The Hall–Kier alpha value is -0.683. The topological polar surface area (TPSA) is 21.7 Å². The molecule has 0 N–H and O–H groups in total. The largest absolute Gasteiger partial charge is 0.394 e. The van der Waals surface area contributed by atoms with Crippen LogP contribution in [0.5, 0.6) is 0 Å². The van der Waals surface area contributed by atoms with Crippen molar-refractivity contribution in [3.8, 4) is 0 Å². The Balaban J connectivity index is 2.24. The predicted molar refractivity (Wildman–Crippen MR) is 112 cm³/mol. The number of benzene rings is 1. The van der Waals surface area contributed by atoms with Gasteiger partial charge in [-0.15, -0.1) is 0 Å². The van der Waals surface area contributed by atoms with E-state index in [1.54, 1.807) is 0 Å². The molecule has 0 spiro atoms. The zero-order valence-electron chi connectivity index (χ0n) is 17.2. The fourth-order valence-electron chi connectivity index (χ4n) is 4.28. The summed E-state index contributed by atoms with van der Waals surface area (Å²) in [5.41, 5.74) is 1.83. The zero-order chi connectivity index (χ0) is 18.7. The summed E-state index contributed by atoms with van der Waals surface area (Å²) in [6, 6.07) is 10.9. The molecule has 1 aromatic carbocycles. The molecule has 0 bridgehead atoms. The summed E-state index contributed by atoms with van der Waals surface area (Å²) in [7, 11) is -2.25. The highest BCUT2D eigenvalue weighted by molar-refractivity contribution is 6.67. The third kappa shape index (κ3) is 6.80. The average Bonchev–Trinajstić information content (AvgIpc) is 2.68. The van der Waals surface area contributed by atoms with Crippen molar-refractivity contribution in [2.45, 2.75) is 84.0 Å². The molecule has 0 aromatic heterocycles. The molecule has 0 aliphatic carbocycles. The maximum Gasteiger partial charge on any atom is 0.352 e. The highest BCUT2D eigenvalue weighted by atomic mass is 28.4. The summed E-state index contributed by atoms with van der Waals surface area (Å²) in [6.07, 6.45) is 10.6. The number of nitrogens with zero attached hydrogens (tertiary/aromatic N) is 1. The standard InChI is InChI=1S/C22H39NO2Si/c1-4-24-26(3,25-5-2)22-18-14-9-7-6-8-10-15-19-23(22)20-21-16-12-11-13-17-21/h11-13,16-17,22H,4-10,14-15,18-20H2,1-3H3. The minimum atomic E-state index is -2.25. The minimum absolute atomic E-state index is 0.431. The van der Waals surface area contributed by atoms with Gasteiger partial charge in [-0.05, 0) is 45.3 Å². The molecule has 1 aliphatic heterocycles. The van der Waals surface area contributed by atoms with Crippen LogP contribution in [0.2, 0.25) is 6.55 Å². The van der Waals surface area contributed by atoms with Crippen LogP contribution >= 0.6 is 0 Å². The second-order valence-electron chi connectivity index (χ2n) is 7.62. The first-order valence-corrected chi connectivity index (χ1v) is 13.1. The molecule has 26 heavy (non-hydrogen) atoms. The van der Waals surface area contributed by atoms with Gasteiger partial charge in [0.15, 0.2) is 0 Å². The molecule has 1 saturated heterocycles. The molecule has 1 aromatic rings. The Morgan fingerprint density at radius 3 is 2.08 bits per heavy atom. The second-order valence-corrected chi connectivity index (χ2v) is 10.9. The third-order valence-corrected chi connectivity index (χ3v) is 9.15. The molecule has 1 heterocycles. The molecule has 1 atom stereocenters. The van der Waals surface area contributed by atoms with Crippen molar-refractivity contribution in [1.29, 1.82) is 0 Å². The van der Waals surface area contributed by atoms with Crippen LogP contribution in [0.3, 0.4) is 0 Å². The van der Waals surface area contributed by atoms with Crippen LogP contribution in [0, 0.1) is 0 Å². The van der Waals surface area contributed by atoms with Crippen LogP contribution in [-0.4, -0.2) is 38.9 Å². The van der Waals surface area contributed by atoms with E-state index in [1.807, 2.05) is 0 Å². The van der Waals surface area contributed by atoms with Gasteiger partial charge in [0.05, 0.1) is 5.67 Å².